The molecule has 2 aliphatic carbocycles. The third-order valence-corrected chi connectivity index (χ3v) is 5.10. The number of hydrogen-bond donors (Lipinski definition) is 1. The molecule has 2 aromatic rings. The number of aromatic nitrogens is 2. The number of furan rings is 1. The van der Waals surface area contributed by atoms with E-state index >= 15 is 0 Å². The lowest BCUT2D eigenvalue weighted by atomic mass is 9.94. The Labute approximate surface area is 140 Å². The van der Waals surface area contributed by atoms with Gasteiger partial charge in [0.1, 0.15) is 17.8 Å². The third-order valence-electron chi connectivity index (χ3n) is 5.10. The van der Waals surface area contributed by atoms with Crippen molar-refractivity contribution in [2.45, 2.75) is 52.0 Å². The minimum atomic E-state index is -0.303. The number of nitrogens with zero attached hydrogens (tertiary/aromatic N) is 2. The van der Waals surface area contributed by atoms with Crippen molar-refractivity contribution >= 4 is 17.5 Å². The lowest BCUT2D eigenvalue weighted by Crippen LogP contribution is -2.21. The Bertz CT molecular complexity index is 814. The molecule has 1 unspecified atom stereocenters. The molecular formula is C18H21N3O3. The van der Waals surface area contributed by atoms with Crippen LogP contribution in [0.2, 0.25) is 0 Å². The quantitative estimate of drug-likeness (QED) is 0.932. The number of anilines is 1. The Kier molecular flexibility index (Phi) is 3.55. The van der Waals surface area contributed by atoms with E-state index < -0.39 is 0 Å². The summed E-state index contributed by atoms with van der Waals surface area (Å²) in [6.07, 6.45) is 7.56. The maximum atomic E-state index is 12.7. The van der Waals surface area contributed by atoms with E-state index in [0.29, 0.717) is 41.5 Å². The molecule has 24 heavy (non-hydrogen) atoms. The summed E-state index contributed by atoms with van der Waals surface area (Å²) in [4.78, 5) is 24.9. The highest BCUT2D eigenvalue weighted by Gasteiger charge is 2.32. The molecule has 1 atom stereocenters. The molecule has 4 rings (SSSR count). The average Bonchev–Trinajstić information content (AvgIpc) is 3.22. The van der Waals surface area contributed by atoms with Crippen LogP contribution in [-0.2, 0) is 6.42 Å². The molecule has 0 aliphatic heterocycles. The highest BCUT2D eigenvalue weighted by atomic mass is 16.3. The van der Waals surface area contributed by atoms with Crippen LogP contribution in [0.15, 0.2) is 16.9 Å². The van der Waals surface area contributed by atoms with Crippen LogP contribution in [0.3, 0.4) is 0 Å². The van der Waals surface area contributed by atoms with Gasteiger partial charge in [-0.15, -0.1) is 0 Å². The molecule has 2 aromatic heterocycles. The largest absolute Gasteiger partial charge is 0.468 e. The number of Topliss-reactive ketones (excluding diaryl/α,β-unsaturated/α-hetero) is 1. The van der Waals surface area contributed by atoms with Crippen molar-refractivity contribution in [2.24, 2.45) is 5.92 Å². The molecule has 6 heteroatoms. The van der Waals surface area contributed by atoms with Crippen molar-refractivity contribution in [2.75, 3.05) is 5.32 Å². The molecule has 126 valence electrons. The summed E-state index contributed by atoms with van der Waals surface area (Å²) in [7, 11) is 0. The molecule has 0 saturated heterocycles. The summed E-state index contributed by atoms with van der Waals surface area (Å²) in [5, 5.41) is 7.37. The van der Waals surface area contributed by atoms with E-state index in [1.807, 2.05) is 11.6 Å². The number of hydrogen-bond acceptors (Lipinski definition) is 4. The van der Waals surface area contributed by atoms with Crippen LogP contribution >= 0.6 is 0 Å². The van der Waals surface area contributed by atoms with Gasteiger partial charge in [-0.2, -0.15) is 5.10 Å². The second-order valence-corrected chi connectivity index (χ2v) is 6.88. The first-order valence-electron chi connectivity index (χ1n) is 8.55. The maximum absolute atomic E-state index is 12.7. The van der Waals surface area contributed by atoms with Crippen molar-refractivity contribution in [3.63, 3.8) is 0 Å². The lowest BCUT2D eigenvalue weighted by Gasteiger charge is -2.16. The molecule has 1 fully saturated rings. The topological polar surface area (TPSA) is 77.1 Å². The van der Waals surface area contributed by atoms with Gasteiger partial charge in [0.25, 0.3) is 5.91 Å². The molecule has 6 nitrogen and oxygen atoms in total. The molecule has 0 aromatic carbocycles. The van der Waals surface area contributed by atoms with E-state index in [2.05, 4.69) is 17.3 Å². The van der Waals surface area contributed by atoms with Gasteiger partial charge in [-0.1, -0.05) is 0 Å². The molecule has 1 N–H and O–H groups in total. The summed E-state index contributed by atoms with van der Waals surface area (Å²) in [6.45, 7) is 4.05. The fraction of sp³-hybridized carbons (Fsp3) is 0.500. The van der Waals surface area contributed by atoms with Crippen molar-refractivity contribution < 1.29 is 14.0 Å². The summed E-state index contributed by atoms with van der Waals surface area (Å²) in [6, 6.07) is 0.258. The van der Waals surface area contributed by atoms with E-state index in [1.54, 1.807) is 6.20 Å². The minimum absolute atomic E-state index is 0.00766. The zero-order chi connectivity index (χ0) is 16.8. The van der Waals surface area contributed by atoms with Gasteiger partial charge in [0.2, 0.25) is 0 Å². The van der Waals surface area contributed by atoms with E-state index in [9.17, 15) is 9.59 Å². The predicted octanol–water partition coefficient (Wildman–Crippen LogP) is 3.53. The predicted molar refractivity (Wildman–Crippen MR) is 88.3 cm³/mol. The Balaban J connectivity index is 1.63. The molecule has 0 radical (unpaired) electrons. The van der Waals surface area contributed by atoms with E-state index in [1.165, 1.54) is 19.1 Å². The van der Waals surface area contributed by atoms with Crippen LogP contribution in [0.1, 0.15) is 70.7 Å². The van der Waals surface area contributed by atoms with E-state index in [0.717, 1.165) is 12.0 Å². The highest BCUT2D eigenvalue weighted by molar-refractivity contribution is 6.13. The number of aryl methyl sites for hydroxylation is 2. The average molecular weight is 327 g/mol. The first-order valence-corrected chi connectivity index (χ1v) is 8.55. The molecule has 0 bridgehead atoms. The number of fused-ring (bicyclic) bond motifs is 1. The van der Waals surface area contributed by atoms with Crippen molar-refractivity contribution in [3.8, 4) is 0 Å². The number of carbonyl (C=O) groups excluding carboxylic acids is 2. The highest BCUT2D eigenvalue weighted by Crippen LogP contribution is 2.40. The number of carbonyl (C=O) groups is 2. The Morgan fingerprint density at radius 3 is 2.96 bits per heavy atom. The summed E-state index contributed by atoms with van der Waals surface area (Å²) in [5.74, 6) is 1.66. The van der Waals surface area contributed by atoms with Gasteiger partial charge in [-0.3, -0.25) is 9.59 Å². The summed E-state index contributed by atoms with van der Waals surface area (Å²) >= 11 is 0. The van der Waals surface area contributed by atoms with Crippen molar-refractivity contribution in [3.05, 3.63) is 34.9 Å². The van der Waals surface area contributed by atoms with Crippen molar-refractivity contribution in [1.29, 1.82) is 0 Å². The zero-order valence-electron chi connectivity index (χ0n) is 14.0. The Hall–Kier alpha value is -2.37. The van der Waals surface area contributed by atoms with E-state index in [4.69, 9.17) is 4.42 Å². The second-order valence-electron chi connectivity index (χ2n) is 6.88. The monoisotopic (exact) mass is 327 g/mol. The zero-order valence-corrected chi connectivity index (χ0v) is 14.0. The maximum Gasteiger partial charge on any atom is 0.260 e. The minimum Gasteiger partial charge on any atom is -0.468 e. The molecule has 1 saturated carbocycles. The van der Waals surface area contributed by atoms with Gasteiger partial charge < -0.3 is 9.73 Å². The summed E-state index contributed by atoms with van der Waals surface area (Å²) < 4.78 is 7.34. The third kappa shape index (κ3) is 2.46. The van der Waals surface area contributed by atoms with Crippen LogP contribution < -0.4 is 5.32 Å². The van der Waals surface area contributed by atoms with Gasteiger partial charge in [-0.05, 0) is 39.0 Å². The van der Waals surface area contributed by atoms with Gasteiger partial charge in [-0.25, -0.2) is 4.68 Å². The number of amides is 1. The van der Waals surface area contributed by atoms with Gasteiger partial charge in [0.15, 0.2) is 5.78 Å². The van der Waals surface area contributed by atoms with Crippen molar-refractivity contribution in [1.82, 2.24) is 9.78 Å². The van der Waals surface area contributed by atoms with Crippen LogP contribution in [-0.4, -0.2) is 21.5 Å². The first-order chi connectivity index (χ1) is 11.6. The SMILES string of the molecule is Cc1cnn(C(C)C2CC2)c1NC(=O)c1coc2c1C(=O)CCC2. The van der Waals surface area contributed by atoms with Gasteiger partial charge in [0.05, 0.1) is 23.4 Å². The fourth-order valence-corrected chi connectivity index (χ4v) is 3.46. The molecule has 2 aliphatic rings. The Morgan fingerprint density at radius 2 is 2.21 bits per heavy atom. The van der Waals surface area contributed by atoms with Crippen LogP contribution in [0, 0.1) is 12.8 Å². The van der Waals surface area contributed by atoms with E-state index in [-0.39, 0.29) is 17.7 Å². The summed E-state index contributed by atoms with van der Waals surface area (Å²) in [5.41, 5.74) is 1.71. The normalized spacial score (nSPS) is 18.3. The van der Waals surface area contributed by atoms with Crippen LogP contribution in [0.5, 0.6) is 0 Å². The lowest BCUT2D eigenvalue weighted by molar-refractivity contribution is 0.0955. The van der Waals surface area contributed by atoms with Crippen LogP contribution in [0.25, 0.3) is 0 Å². The van der Waals surface area contributed by atoms with Gasteiger partial charge >= 0.3 is 0 Å². The smallest absolute Gasteiger partial charge is 0.260 e. The Morgan fingerprint density at radius 1 is 1.42 bits per heavy atom. The number of rotatable bonds is 4. The standard InChI is InChI=1S/C18H21N3O3/c1-10-8-19-21(11(2)12-6-7-12)17(10)20-18(23)13-9-24-15-5-3-4-14(22)16(13)15/h8-9,11-12H,3-7H2,1-2H3,(H,20,23). The number of nitrogens with one attached hydrogen (secondary N) is 1. The van der Waals surface area contributed by atoms with Gasteiger partial charge in [0, 0.05) is 18.4 Å². The number of ketones is 1. The molecule has 0 spiro atoms. The fourth-order valence-electron chi connectivity index (χ4n) is 3.46. The second kappa shape index (κ2) is 5.61. The van der Waals surface area contributed by atoms with Crippen LogP contribution in [0.4, 0.5) is 5.82 Å². The first kappa shape index (κ1) is 15.2. The molecule has 2 heterocycles. The molecule has 1 amide bonds. The molecular weight excluding hydrogens is 306 g/mol.